The molecule has 0 saturated carbocycles. The number of alkyl halides is 1. The molecule has 2 nitrogen and oxygen atoms in total. The minimum Gasteiger partial charge on any atom is -0.336 e. The highest BCUT2D eigenvalue weighted by molar-refractivity contribution is 9.10. The second-order valence-electron chi connectivity index (χ2n) is 4.38. The maximum Gasteiger partial charge on any atom is 0.260 e. The summed E-state index contributed by atoms with van der Waals surface area (Å²) in [7, 11) is 0. The van der Waals surface area contributed by atoms with E-state index in [0.29, 0.717) is 18.8 Å². The van der Waals surface area contributed by atoms with Crippen molar-refractivity contribution in [2.24, 2.45) is 0 Å². The number of rotatable bonds is 5. The van der Waals surface area contributed by atoms with E-state index in [-0.39, 0.29) is 10.5 Å². The van der Waals surface area contributed by atoms with Crippen LogP contribution in [0.2, 0.25) is 0 Å². The maximum absolute atomic E-state index is 13.8. The van der Waals surface area contributed by atoms with Gasteiger partial charge >= 0.3 is 0 Å². The molecular weight excluding hydrogens is 340 g/mol. The summed E-state index contributed by atoms with van der Waals surface area (Å²) in [5.74, 6) is -1.99. The predicted molar refractivity (Wildman–Crippen MR) is 75.6 cm³/mol. The molecule has 0 unspecified atom stereocenters. The number of carbonyl (C=O) groups is 1. The van der Waals surface area contributed by atoms with Gasteiger partial charge in [0.05, 0.1) is 0 Å². The van der Waals surface area contributed by atoms with Gasteiger partial charge in [0.25, 0.3) is 5.91 Å². The summed E-state index contributed by atoms with van der Waals surface area (Å²) in [6.07, 6.45) is 0.575. The number of carbonyl (C=O) groups excluding carboxylic acids is 1. The van der Waals surface area contributed by atoms with Crippen LogP contribution < -0.4 is 0 Å². The normalized spacial score (nSPS) is 10.9. The summed E-state index contributed by atoms with van der Waals surface area (Å²) in [6, 6.07) is 2.00. The molecule has 0 aliphatic carbocycles. The first-order chi connectivity index (χ1) is 8.88. The lowest BCUT2D eigenvalue weighted by molar-refractivity contribution is 0.0696. The fourth-order valence-corrected chi connectivity index (χ4v) is 2.24. The second kappa shape index (κ2) is 7.20. The Labute approximate surface area is 124 Å². The molecule has 0 aliphatic rings. The highest BCUT2D eigenvalue weighted by Crippen LogP contribution is 2.21. The first kappa shape index (κ1) is 16.4. The Bertz CT molecular complexity index is 445. The molecular formula is C13H15BrClF2NO. The number of hydrogen-bond acceptors (Lipinski definition) is 1. The van der Waals surface area contributed by atoms with Crippen molar-refractivity contribution in [1.82, 2.24) is 4.90 Å². The fourth-order valence-electron chi connectivity index (χ4n) is 1.71. The van der Waals surface area contributed by atoms with E-state index in [1.807, 2.05) is 0 Å². The molecule has 1 amide bonds. The fraction of sp³-hybridized carbons (Fsp3) is 0.462. The third-order valence-electron chi connectivity index (χ3n) is 2.64. The van der Waals surface area contributed by atoms with Gasteiger partial charge in [-0.25, -0.2) is 8.78 Å². The third kappa shape index (κ3) is 4.14. The van der Waals surface area contributed by atoms with Gasteiger partial charge in [0, 0.05) is 22.9 Å². The minimum absolute atomic E-state index is 0.154. The summed E-state index contributed by atoms with van der Waals surface area (Å²) in [4.78, 5) is 13.6. The molecule has 0 N–H and O–H groups in total. The van der Waals surface area contributed by atoms with Crippen molar-refractivity contribution in [3.8, 4) is 0 Å². The lowest BCUT2D eigenvalue weighted by Gasteiger charge is -2.27. The number of benzene rings is 1. The van der Waals surface area contributed by atoms with Crippen molar-refractivity contribution in [3.63, 3.8) is 0 Å². The number of amides is 1. The SMILES string of the molecule is CC(C)N(CCCCl)C(=O)c1c(F)cc(Br)cc1F. The van der Waals surface area contributed by atoms with Crippen LogP contribution in [0.4, 0.5) is 8.78 Å². The van der Waals surface area contributed by atoms with Gasteiger partial charge in [-0.15, -0.1) is 11.6 Å². The Morgan fingerprint density at radius 3 is 2.32 bits per heavy atom. The zero-order valence-electron chi connectivity index (χ0n) is 10.7. The van der Waals surface area contributed by atoms with E-state index in [2.05, 4.69) is 15.9 Å². The van der Waals surface area contributed by atoms with Gasteiger partial charge in [0.15, 0.2) is 0 Å². The highest BCUT2D eigenvalue weighted by Gasteiger charge is 2.25. The van der Waals surface area contributed by atoms with Crippen LogP contribution in [-0.2, 0) is 0 Å². The van der Waals surface area contributed by atoms with Gasteiger partial charge in [-0.05, 0) is 32.4 Å². The van der Waals surface area contributed by atoms with Crippen LogP contribution in [0.25, 0.3) is 0 Å². The first-order valence-electron chi connectivity index (χ1n) is 5.90. The molecule has 0 aromatic heterocycles. The lowest BCUT2D eigenvalue weighted by atomic mass is 10.1. The quantitative estimate of drug-likeness (QED) is 0.726. The summed E-state index contributed by atoms with van der Waals surface area (Å²) in [5, 5.41) is 0. The Kier molecular flexibility index (Phi) is 6.20. The molecule has 1 aromatic carbocycles. The van der Waals surface area contributed by atoms with Gasteiger partial charge in [0.1, 0.15) is 17.2 Å². The number of halogens is 4. The smallest absolute Gasteiger partial charge is 0.260 e. The van der Waals surface area contributed by atoms with Crippen molar-refractivity contribution in [2.45, 2.75) is 26.3 Å². The maximum atomic E-state index is 13.8. The molecule has 1 rings (SSSR count). The Balaban J connectivity index is 3.09. The molecule has 0 aliphatic heterocycles. The monoisotopic (exact) mass is 353 g/mol. The molecule has 0 heterocycles. The average Bonchev–Trinajstić information content (AvgIpc) is 2.27. The lowest BCUT2D eigenvalue weighted by Crippen LogP contribution is -2.38. The standard InChI is InChI=1S/C13H15BrClF2NO/c1-8(2)18(5-3-4-15)13(19)12-10(16)6-9(14)7-11(12)17/h6-8H,3-5H2,1-2H3. The van der Waals surface area contributed by atoms with Crippen molar-refractivity contribution < 1.29 is 13.6 Å². The van der Waals surface area contributed by atoms with Gasteiger partial charge in [0.2, 0.25) is 0 Å². The predicted octanol–water partition coefficient (Wildman–Crippen LogP) is 4.21. The Morgan fingerprint density at radius 2 is 1.89 bits per heavy atom. The van der Waals surface area contributed by atoms with Crippen molar-refractivity contribution in [1.29, 1.82) is 0 Å². The number of hydrogen-bond donors (Lipinski definition) is 0. The Hall–Kier alpha value is -0.680. The summed E-state index contributed by atoms with van der Waals surface area (Å²) < 4.78 is 27.8. The van der Waals surface area contributed by atoms with Crippen molar-refractivity contribution in [2.75, 3.05) is 12.4 Å². The molecule has 106 valence electrons. The van der Waals surface area contributed by atoms with Gasteiger partial charge in [-0.2, -0.15) is 0 Å². The average molecular weight is 355 g/mol. The van der Waals surface area contributed by atoms with Crippen LogP contribution in [0, 0.1) is 11.6 Å². The van der Waals surface area contributed by atoms with E-state index in [1.165, 1.54) is 4.90 Å². The van der Waals surface area contributed by atoms with Crippen molar-refractivity contribution >= 4 is 33.4 Å². The van der Waals surface area contributed by atoms with Crippen LogP contribution in [0.3, 0.4) is 0 Å². The molecule has 1 aromatic rings. The first-order valence-corrected chi connectivity index (χ1v) is 7.22. The van der Waals surface area contributed by atoms with E-state index in [1.54, 1.807) is 13.8 Å². The van der Waals surface area contributed by atoms with E-state index in [0.717, 1.165) is 12.1 Å². The van der Waals surface area contributed by atoms with E-state index in [4.69, 9.17) is 11.6 Å². The summed E-state index contributed by atoms with van der Waals surface area (Å²) in [5.41, 5.74) is -0.522. The number of nitrogens with zero attached hydrogens (tertiary/aromatic N) is 1. The molecule has 0 saturated heterocycles. The van der Waals surface area contributed by atoms with E-state index in [9.17, 15) is 13.6 Å². The zero-order valence-corrected chi connectivity index (χ0v) is 13.1. The van der Waals surface area contributed by atoms with Crippen LogP contribution in [0.1, 0.15) is 30.6 Å². The minimum atomic E-state index is -0.867. The highest BCUT2D eigenvalue weighted by atomic mass is 79.9. The largest absolute Gasteiger partial charge is 0.336 e. The molecule has 0 spiro atoms. The van der Waals surface area contributed by atoms with Crippen LogP contribution >= 0.6 is 27.5 Å². The van der Waals surface area contributed by atoms with Gasteiger partial charge in [-0.3, -0.25) is 4.79 Å². The van der Waals surface area contributed by atoms with Crippen LogP contribution in [-0.4, -0.2) is 29.3 Å². The summed E-state index contributed by atoms with van der Waals surface area (Å²) in [6.45, 7) is 3.95. The van der Waals surface area contributed by atoms with Crippen LogP contribution in [0.5, 0.6) is 0 Å². The molecule has 19 heavy (non-hydrogen) atoms. The molecule has 0 fully saturated rings. The molecule has 0 atom stereocenters. The van der Waals surface area contributed by atoms with E-state index >= 15 is 0 Å². The second-order valence-corrected chi connectivity index (χ2v) is 5.67. The summed E-state index contributed by atoms with van der Waals surface area (Å²) >= 11 is 8.57. The topological polar surface area (TPSA) is 20.3 Å². The Morgan fingerprint density at radius 1 is 1.37 bits per heavy atom. The zero-order chi connectivity index (χ0) is 14.6. The van der Waals surface area contributed by atoms with Gasteiger partial charge in [-0.1, -0.05) is 15.9 Å². The van der Waals surface area contributed by atoms with Crippen molar-refractivity contribution in [3.05, 3.63) is 33.8 Å². The third-order valence-corrected chi connectivity index (χ3v) is 3.36. The molecule has 6 heteroatoms. The molecule has 0 radical (unpaired) electrons. The van der Waals surface area contributed by atoms with Gasteiger partial charge < -0.3 is 4.90 Å². The molecule has 0 bridgehead atoms. The van der Waals surface area contributed by atoms with E-state index < -0.39 is 23.1 Å². The van der Waals surface area contributed by atoms with Crippen LogP contribution in [0.15, 0.2) is 16.6 Å².